The van der Waals surface area contributed by atoms with Gasteiger partial charge in [0.25, 0.3) is 0 Å². The average Bonchev–Trinajstić information content (AvgIpc) is 2.08. The highest BCUT2D eigenvalue weighted by molar-refractivity contribution is 7.84. The Hall–Kier alpha value is -0.540. The van der Waals surface area contributed by atoms with E-state index in [1.165, 1.54) is 0 Å². The topological polar surface area (TPSA) is 29.1 Å². The fourth-order valence-electron chi connectivity index (χ4n) is 0.907. The molecule has 0 saturated heterocycles. The van der Waals surface area contributed by atoms with E-state index in [9.17, 15) is 4.21 Å². The van der Waals surface area contributed by atoms with E-state index < -0.39 is 10.8 Å². The normalized spacial score (nSPS) is 12.5. The number of anilines is 1. The van der Waals surface area contributed by atoms with Gasteiger partial charge in [-0.2, -0.15) is 0 Å². The molecule has 0 aliphatic heterocycles. The zero-order valence-electron chi connectivity index (χ0n) is 7.42. The highest BCUT2D eigenvalue weighted by Gasteiger charge is 1.93. The number of hydrogen-bond donors (Lipinski definition) is 1. The van der Waals surface area contributed by atoms with Gasteiger partial charge in [0, 0.05) is 40.1 Å². The quantitative estimate of drug-likeness (QED) is 0.837. The molecule has 1 rings (SSSR count). The summed E-state index contributed by atoms with van der Waals surface area (Å²) in [6.07, 6.45) is 1.70. The number of hydrogen-bond acceptors (Lipinski definition) is 2. The Morgan fingerprint density at radius 1 is 1.38 bits per heavy atom. The summed E-state index contributed by atoms with van der Waals surface area (Å²) in [6, 6.07) is 7.46. The van der Waals surface area contributed by atoms with Crippen molar-refractivity contribution < 1.29 is 4.21 Å². The van der Waals surface area contributed by atoms with Gasteiger partial charge in [-0.3, -0.25) is 4.21 Å². The summed E-state index contributed by atoms with van der Waals surface area (Å²) in [6.45, 7) is 0.727. The molecule has 0 saturated carbocycles. The summed E-state index contributed by atoms with van der Waals surface area (Å²) in [5, 5.41) is 3.88. The van der Waals surface area contributed by atoms with Crippen LogP contribution in [0, 0.1) is 0 Å². The highest BCUT2D eigenvalue weighted by atomic mass is 35.5. The van der Waals surface area contributed by atoms with Crippen molar-refractivity contribution in [2.24, 2.45) is 0 Å². The Bertz CT molecular complexity index is 286. The predicted octanol–water partition coefficient (Wildman–Crippen LogP) is 2.13. The van der Waals surface area contributed by atoms with Crippen LogP contribution in [0.3, 0.4) is 0 Å². The van der Waals surface area contributed by atoms with Crippen molar-refractivity contribution in [3.8, 4) is 0 Å². The van der Waals surface area contributed by atoms with Crippen LogP contribution in [0.25, 0.3) is 0 Å². The van der Waals surface area contributed by atoms with Gasteiger partial charge in [-0.1, -0.05) is 11.6 Å². The average molecular weight is 218 g/mol. The molecule has 13 heavy (non-hydrogen) atoms. The van der Waals surface area contributed by atoms with E-state index in [4.69, 9.17) is 11.6 Å². The van der Waals surface area contributed by atoms with Gasteiger partial charge in [0.2, 0.25) is 0 Å². The number of halogens is 1. The number of nitrogens with one attached hydrogen (secondary N) is 1. The first-order valence-electron chi connectivity index (χ1n) is 3.98. The van der Waals surface area contributed by atoms with Crippen molar-refractivity contribution in [2.75, 3.05) is 23.9 Å². The first-order chi connectivity index (χ1) is 6.18. The van der Waals surface area contributed by atoms with E-state index in [1.807, 2.05) is 24.3 Å². The fraction of sp³-hybridized carbons (Fsp3) is 0.333. The van der Waals surface area contributed by atoms with Crippen LogP contribution in [0.15, 0.2) is 24.3 Å². The van der Waals surface area contributed by atoms with Crippen molar-refractivity contribution in [1.29, 1.82) is 0 Å². The van der Waals surface area contributed by atoms with Crippen molar-refractivity contribution in [1.82, 2.24) is 0 Å². The Morgan fingerprint density at radius 2 is 2.00 bits per heavy atom. The molecule has 0 spiro atoms. The lowest BCUT2D eigenvalue weighted by Gasteiger charge is -2.04. The molecule has 72 valence electrons. The molecule has 0 aromatic heterocycles. The maximum atomic E-state index is 10.7. The minimum atomic E-state index is -0.732. The van der Waals surface area contributed by atoms with Crippen LogP contribution in [0.5, 0.6) is 0 Å². The third kappa shape index (κ3) is 4.29. The van der Waals surface area contributed by atoms with Gasteiger partial charge in [0.05, 0.1) is 0 Å². The van der Waals surface area contributed by atoms with Gasteiger partial charge in [-0.15, -0.1) is 0 Å². The smallest absolute Gasteiger partial charge is 0.0407 e. The summed E-state index contributed by atoms with van der Waals surface area (Å²) >= 11 is 5.72. The van der Waals surface area contributed by atoms with Crippen molar-refractivity contribution >= 4 is 28.1 Å². The second-order valence-corrected chi connectivity index (χ2v) is 4.70. The predicted molar refractivity (Wildman–Crippen MR) is 58.9 cm³/mol. The zero-order valence-corrected chi connectivity index (χ0v) is 8.99. The van der Waals surface area contributed by atoms with E-state index >= 15 is 0 Å². The van der Waals surface area contributed by atoms with Gasteiger partial charge >= 0.3 is 0 Å². The molecule has 0 fully saturated rings. The molecule has 4 heteroatoms. The zero-order chi connectivity index (χ0) is 9.68. The molecule has 1 unspecified atom stereocenters. The number of rotatable bonds is 4. The van der Waals surface area contributed by atoms with Gasteiger partial charge in [0.1, 0.15) is 0 Å². The molecule has 1 aromatic rings. The molecule has 0 heterocycles. The molecule has 1 atom stereocenters. The second-order valence-electron chi connectivity index (χ2n) is 2.71. The Labute approximate surface area is 85.8 Å². The minimum absolute atomic E-state index is 0.669. The minimum Gasteiger partial charge on any atom is -0.384 e. The van der Waals surface area contributed by atoms with Gasteiger partial charge in [0.15, 0.2) is 0 Å². The van der Waals surface area contributed by atoms with E-state index in [1.54, 1.807) is 6.26 Å². The fourth-order valence-corrected chi connectivity index (χ4v) is 1.42. The molecule has 1 aromatic carbocycles. The van der Waals surface area contributed by atoms with Crippen LogP contribution >= 0.6 is 11.6 Å². The van der Waals surface area contributed by atoms with E-state index in [-0.39, 0.29) is 0 Å². The van der Waals surface area contributed by atoms with Crippen LogP contribution in [-0.2, 0) is 10.8 Å². The molecular weight excluding hydrogens is 206 g/mol. The van der Waals surface area contributed by atoms with E-state index in [0.29, 0.717) is 5.75 Å². The van der Waals surface area contributed by atoms with Crippen LogP contribution in [0.2, 0.25) is 5.02 Å². The Morgan fingerprint density at radius 3 is 2.54 bits per heavy atom. The van der Waals surface area contributed by atoms with Crippen LogP contribution < -0.4 is 5.32 Å². The molecular formula is C9H12ClNOS. The summed E-state index contributed by atoms with van der Waals surface area (Å²) in [7, 11) is -0.732. The van der Waals surface area contributed by atoms with Crippen molar-refractivity contribution in [3.63, 3.8) is 0 Å². The standard InChI is InChI=1S/C9H12ClNOS/c1-13(12)7-6-11-9-4-2-8(10)3-5-9/h2-5,11H,6-7H2,1H3. The third-order valence-electron chi connectivity index (χ3n) is 1.56. The second kappa shape index (κ2) is 5.25. The molecule has 1 N–H and O–H groups in total. The van der Waals surface area contributed by atoms with Gasteiger partial charge in [-0.25, -0.2) is 0 Å². The molecule has 0 aliphatic rings. The lowest BCUT2D eigenvalue weighted by Crippen LogP contribution is -2.09. The largest absolute Gasteiger partial charge is 0.384 e. The van der Waals surface area contributed by atoms with Crippen molar-refractivity contribution in [3.05, 3.63) is 29.3 Å². The first kappa shape index (κ1) is 10.5. The summed E-state index contributed by atoms with van der Waals surface area (Å²) < 4.78 is 10.7. The molecule has 2 nitrogen and oxygen atoms in total. The molecule has 0 radical (unpaired) electrons. The number of benzene rings is 1. The lowest BCUT2D eigenvalue weighted by molar-refractivity contribution is 0.687. The van der Waals surface area contributed by atoms with Crippen LogP contribution in [0.4, 0.5) is 5.69 Å². The lowest BCUT2D eigenvalue weighted by atomic mass is 10.3. The van der Waals surface area contributed by atoms with Crippen LogP contribution in [-0.4, -0.2) is 22.8 Å². The SMILES string of the molecule is CS(=O)CCNc1ccc(Cl)cc1. The Balaban J connectivity index is 2.37. The van der Waals surface area contributed by atoms with E-state index in [0.717, 1.165) is 17.3 Å². The first-order valence-corrected chi connectivity index (χ1v) is 6.08. The van der Waals surface area contributed by atoms with Crippen LogP contribution in [0.1, 0.15) is 0 Å². The highest BCUT2D eigenvalue weighted by Crippen LogP contribution is 2.12. The summed E-state index contributed by atoms with van der Waals surface area (Å²) in [4.78, 5) is 0. The summed E-state index contributed by atoms with van der Waals surface area (Å²) in [5.74, 6) is 0.669. The maximum Gasteiger partial charge on any atom is 0.0407 e. The maximum absolute atomic E-state index is 10.7. The molecule has 0 amide bonds. The molecule has 0 aliphatic carbocycles. The van der Waals surface area contributed by atoms with E-state index in [2.05, 4.69) is 5.32 Å². The van der Waals surface area contributed by atoms with Gasteiger partial charge < -0.3 is 5.32 Å². The Kier molecular flexibility index (Phi) is 4.25. The molecule has 0 bridgehead atoms. The third-order valence-corrected chi connectivity index (χ3v) is 2.59. The summed E-state index contributed by atoms with van der Waals surface area (Å²) in [5.41, 5.74) is 1.01. The van der Waals surface area contributed by atoms with Gasteiger partial charge in [-0.05, 0) is 24.3 Å². The van der Waals surface area contributed by atoms with Crippen molar-refractivity contribution in [2.45, 2.75) is 0 Å². The monoisotopic (exact) mass is 217 g/mol.